The molecular formula is C14H30N2O. The predicted molar refractivity (Wildman–Crippen MR) is 73.4 cm³/mol. The van der Waals surface area contributed by atoms with Crippen LogP contribution in [0.25, 0.3) is 0 Å². The molecule has 0 spiro atoms. The lowest BCUT2D eigenvalue weighted by atomic mass is 10.1. The normalized spacial score (nSPS) is 24.5. The summed E-state index contributed by atoms with van der Waals surface area (Å²) in [6, 6.07) is 1.13. The third kappa shape index (κ3) is 4.94. The first-order valence-corrected chi connectivity index (χ1v) is 7.07. The molecule has 1 saturated heterocycles. The zero-order valence-corrected chi connectivity index (χ0v) is 12.2. The van der Waals surface area contributed by atoms with E-state index < -0.39 is 0 Å². The van der Waals surface area contributed by atoms with Crippen LogP contribution in [0.1, 0.15) is 40.5 Å². The molecule has 1 fully saturated rings. The first-order valence-electron chi connectivity index (χ1n) is 7.07. The van der Waals surface area contributed by atoms with Crippen molar-refractivity contribution < 1.29 is 4.74 Å². The van der Waals surface area contributed by atoms with Crippen LogP contribution in [0.2, 0.25) is 0 Å². The lowest BCUT2D eigenvalue weighted by molar-refractivity contribution is 0.0821. The summed E-state index contributed by atoms with van der Waals surface area (Å²) in [4.78, 5) is 2.43. The summed E-state index contributed by atoms with van der Waals surface area (Å²) in [6.45, 7) is 12.2. The number of ether oxygens (including phenoxy) is 1. The monoisotopic (exact) mass is 242 g/mol. The Kier molecular flexibility index (Phi) is 6.45. The summed E-state index contributed by atoms with van der Waals surface area (Å²) in [5, 5.41) is 3.58. The molecule has 1 aliphatic heterocycles. The molecule has 0 saturated carbocycles. The largest absolute Gasteiger partial charge is 0.377 e. The van der Waals surface area contributed by atoms with Gasteiger partial charge in [0.2, 0.25) is 0 Å². The second kappa shape index (κ2) is 7.34. The van der Waals surface area contributed by atoms with Crippen LogP contribution in [-0.2, 0) is 4.74 Å². The minimum atomic E-state index is 0.433. The second-order valence-corrected chi connectivity index (χ2v) is 5.76. The van der Waals surface area contributed by atoms with E-state index in [-0.39, 0.29) is 0 Å². The van der Waals surface area contributed by atoms with Gasteiger partial charge in [0.15, 0.2) is 0 Å². The van der Waals surface area contributed by atoms with Gasteiger partial charge in [-0.1, -0.05) is 13.8 Å². The summed E-state index contributed by atoms with van der Waals surface area (Å²) >= 11 is 0. The molecule has 0 aromatic carbocycles. The van der Waals surface area contributed by atoms with Crippen LogP contribution >= 0.6 is 0 Å². The fraction of sp³-hybridized carbons (Fsp3) is 1.00. The number of nitrogens with one attached hydrogen (secondary N) is 1. The van der Waals surface area contributed by atoms with E-state index in [1.807, 2.05) is 0 Å². The third-order valence-corrected chi connectivity index (χ3v) is 4.11. The van der Waals surface area contributed by atoms with Gasteiger partial charge in [-0.05, 0) is 39.7 Å². The topological polar surface area (TPSA) is 24.5 Å². The molecule has 0 bridgehead atoms. The van der Waals surface area contributed by atoms with Crippen LogP contribution in [0.5, 0.6) is 0 Å². The molecular weight excluding hydrogens is 212 g/mol. The van der Waals surface area contributed by atoms with Gasteiger partial charge in [-0.15, -0.1) is 0 Å². The molecule has 0 aromatic rings. The van der Waals surface area contributed by atoms with Crippen molar-refractivity contribution in [3.05, 3.63) is 0 Å². The number of rotatable bonds is 7. The Hall–Kier alpha value is -0.120. The maximum Gasteiger partial charge on any atom is 0.0726 e. The molecule has 0 aromatic heterocycles. The van der Waals surface area contributed by atoms with Crippen LogP contribution in [0.15, 0.2) is 0 Å². The SMILES string of the molecule is CC(C)C(C)N(C)CCNC(C)C1CCCO1. The van der Waals surface area contributed by atoms with Crippen molar-refractivity contribution in [1.82, 2.24) is 10.2 Å². The minimum Gasteiger partial charge on any atom is -0.377 e. The molecule has 102 valence electrons. The highest BCUT2D eigenvalue weighted by atomic mass is 16.5. The van der Waals surface area contributed by atoms with Crippen molar-refractivity contribution in [3.8, 4) is 0 Å². The fourth-order valence-corrected chi connectivity index (χ4v) is 2.31. The van der Waals surface area contributed by atoms with Crippen LogP contribution in [0.3, 0.4) is 0 Å². The van der Waals surface area contributed by atoms with Gasteiger partial charge in [0.05, 0.1) is 6.10 Å². The molecule has 3 heteroatoms. The number of nitrogens with zero attached hydrogens (tertiary/aromatic N) is 1. The standard InChI is InChI=1S/C14H30N2O/c1-11(2)13(4)16(5)9-8-15-12(3)14-7-6-10-17-14/h11-15H,6-10H2,1-5H3. The van der Waals surface area contributed by atoms with Crippen molar-refractivity contribution in [2.24, 2.45) is 5.92 Å². The Labute approximate surface area is 107 Å². The van der Waals surface area contributed by atoms with Gasteiger partial charge >= 0.3 is 0 Å². The zero-order chi connectivity index (χ0) is 12.8. The third-order valence-electron chi connectivity index (χ3n) is 4.11. The highest BCUT2D eigenvalue weighted by molar-refractivity contribution is 4.77. The quantitative estimate of drug-likeness (QED) is 0.740. The van der Waals surface area contributed by atoms with E-state index in [4.69, 9.17) is 4.74 Å². The van der Waals surface area contributed by atoms with Crippen LogP contribution in [-0.4, -0.2) is 49.8 Å². The van der Waals surface area contributed by atoms with Crippen LogP contribution in [0.4, 0.5) is 0 Å². The van der Waals surface area contributed by atoms with Crippen LogP contribution in [0, 0.1) is 5.92 Å². The van der Waals surface area contributed by atoms with Crippen molar-refractivity contribution in [2.45, 2.75) is 58.7 Å². The molecule has 1 N–H and O–H groups in total. The summed E-state index contributed by atoms with van der Waals surface area (Å²) in [6.07, 6.45) is 2.87. The summed E-state index contributed by atoms with van der Waals surface area (Å²) in [7, 11) is 2.21. The van der Waals surface area contributed by atoms with E-state index in [0.29, 0.717) is 18.2 Å². The highest BCUT2D eigenvalue weighted by Crippen LogP contribution is 2.15. The first kappa shape index (κ1) is 14.9. The fourth-order valence-electron chi connectivity index (χ4n) is 2.31. The molecule has 3 unspecified atom stereocenters. The van der Waals surface area contributed by atoms with Crippen molar-refractivity contribution >= 4 is 0 Å². The molecule has 0 radical (unpaired) electrons. The maximum atomic E-state index is 5.68. The first-order chi connectivity index (χ1) is 8.02. The van der Waals surface area contributed by atoms with E-state index >= 15 is 0 Å². The van der Waals surface area contributed by atoms with Crippen molar-refractivity contribution in [3.63, 3.8) is 0 Å². The summed E-state index contributed by atoms with van der Waals surface area (Å²) in [5.74, 6) is 0.718. The molecule has 1 rings (SSSR count). The Bertz CT molecular complexity index is 194. The molecule has 0 amide bonds. The molecule has 17 heavy (non-hydrogen) atoms. The van der Waals surface area contributed by atoms with Gasteiger partial charge in [0, 0.05) is 31.8 Å². The van der Waals surface area contributed by atoms with E-state index in [2.05, 4.69) is 45.0 Å². The average molecular weight is 242 g/mol. The van der Waals surface area contributed by atoms with Gasteiger partial charge < -0.3 is 15.0 Å². The van der Waals surface area contributed by atoms with E-state index in [0.717, 1.165) is 25.6 Å². The molecule has 3 nitrogen and oxygen atoms in total. The lowest BCUT2D eigenvalue weighted by Gasteiger charge is -2.29. The van der Waals surface area contributed by atoms with Crippen LogP contribution < -0.4 is 5.32 Å². The van der Waals surface area contributed by atoms with Crippen molar-refractivity contribution in [1.29, 1.82) is 0 Å². The van der Waals surface area contributed by atoms with Crippen molar-refractivity contribution in [2.75, 3.05) is 26.7 Å². The van der Waals surface area contributed by atoms with Gasteiger partial charge in [-0.25, -0.2) is 0 Å². The number of hydrogen-bond donors (Lipinski definition) is 1. The summed E-state index contributed by atoms with van der Waals surface area (Å²) in [5.41, 5.74) is 0. The summed E-state index contributed by atoms with van der Waals surface area (Å²) < 4.78 is 5.68. The van der Waals surface area contributed by atoms with Gasteiger partial charge in [0.1, 0.15) is 0 Å². The highest BCUT2D eigenvalue weighted by Gasteiger charge is 2.21. The Balaban J connectivity index is 2.14. The molecule has 0 aliphatic carbocycles. The van der Waals surface area contributed by atoms with E-state index in [1.165, 1.54) is 12.8 Å². The molecule has 1 heterocycles. The Morgan fingerprint density at radius 2 is 2.00 bits per heavy atom. The van der Waals surface area contributed by atoms with Gasteiger partial charge in [-0.3, -0.25) is 0 Å². The van der Waals surface area contributed by atoms with E-state index in [1.54, 1.807) is 0 Å². The maximum absolute atomic E-state index is 5.68. The molecule has 3 atom stereocenters. The average Bonchev–Trinajstić information content (AvgIpc) is 2.80. The smallest absolute Gasteiger partial charge is 0.0726 e. The lowest BCUT2D eigenvalue weighted by Crippen LogP contribution is -2.43. The number of likely N-dealkylation sites (N-methyl/N-ethyl adjacent to an activating group) is 1. The van der Waals surface area contributed by atoms with Gasteiger partial charge in [-0.2, -0.15) is 0 Å². The number of hydrogen-bond acceptors (Lipinski definition) is 3. The second-order valence-electron chi connectivity index (χ2n) is 5.76. The van der Waals surface area contributed by atoms with Gasteiger partial charge in [0.25, 0.3) is 0 Å². The predicted octanol–water partition coefficient (Wildman–Crippen LogP) is 2.12. The zero-order valence-electron chi connectivity index (χ0n) is 12.2. The van der Waals surface area contributed by atoms with E-state index in [9.17, 15) is 0 Å². The minimum absolute atomic E-state index is 0.433. The Morgan fingerprint density at radius 3 is 2.53 bits per heavy atom. The Morgan fingerprint density at radius 1 is 1.29 bits per heavy atom. The molecule has 1 aliphatic rings.